The van der Waals surface area contributed by atoms with E-state index in [2.05, 4.69) is 40.0 Å². The van der Waals surface area contributed by atoms with Crippen LogP contribution in [0.15, 0.2) is 66.7 Å². The van der Waals surface area contributed by atoms with Crippen LogP contribution in [0.1, 0.15) is 45.2 Å². The van der Waals surface area contributed by atoms with E-state index >= 15 is 0 Å². The Morgan fingerprint density at radius 3 is 2.71 bits per heavy atom. The van der Waals surface area contributed by atoms with E-state index in [0.29, 0.717) is 23.5 Å². The van der Waals surface area contributed by atoms with Crippen LogP contribution in [0.5, 0.6) is 0 Å². The predicted molar refractivity (Wildman–Crippen MR) is 140 cm³/mol. The summed E-state index contributed by atoms with van der Waals surface area (Å²) in [4.78, 5) is 28.7. The molecule has 3 aromatic carbocycles. The molecular weight excluding hydrogens is 438 g/mol. The number of aryl methyl sites for hydroxylation is 2. The number of nitrogens with two attached hydrogens (primary N) is 1. The van der Waals surface area contributed by atoms with Gasteiger partial charge in [0.2, 0.25) is 0 Å². The molecule has 1 aromatic heterocycles. The van der Waals surface area contributed by atoms with E-state index in [1.54, 1.807) is 18.2 Å². The second-order valence-electron chi connectivity index (χ2n) is 8.97. The highest BCUT2D eigenvalue weighted by Crippen LogP contribution is 2.32. The van der Waals surface area contributed by atoms with E-state index in [9.17, 15) is 9.59 Å². The monoisotopic (exact) mass is 467 g/mol. The van der Waals surface area contributed by atoms with Gasteiger partial charge in [0.25, 0.3) is 5.91 Å². The van der Waals surface area contributed by atoms with Gasteiger partial charge < -0.3 is 26.7 Å². The number of amides is 3. The molecule has 0 radical (unpaired) electrons. The number of carbonyl (C=O) groups excluding carboxylic acids is 2. The number of H-pyrrole nitrogens is 1. The summed E-state index contributed by atoms with van der Waals surface area (Å²) >= 11 is 0. The van der Waals surface area contributed by atoms with E-state index in [1.165, 1.54) is 10.9 Å². The van der Waals surface area contributed by atoms with Gasteiger partial charge in [-0.05, 0) is 73.2 Å². The second kappa shape index (κ2) is 9.54. The van der Waals surface area contributed by atoms with Crippen LogP contribution in [0, 0.1) is 6.92 Å². The number of carbonyl (C=O) groups is 2. The summed E-state index contributed by atoms with van der Waals surface area (Å²) in [5.41, 5.74) is 13.3. The van der Waals surface area contributed by atoms with Crippen molar-refractivity contribution in [1.82, 2.24) is 15.6 Å². The number of nitrogens with one attached hydrogen (secondary N) is 4. The third-order valence-corrected chi connectivity index (χ3v) is 6.68. The van der Waals surface area contributed by atoms with Crippen LogP contribution in [-0.4, -0.2) is 23.5 Å². The first kappa shape index (κ1) is 22.5. The largest absolute Gasteiger partial charge is 0.397 e. The summed E-state index contributed by atoms with van der Waals surface area (Å²) in [5, 5.41) is 10.1. The van der Waals surface area contributed by atoms with Crippen molar-refractivity contribution in [2.24, 2.45) is 0 Å². The van der Waals surface area contributed by atoms with E-state index < -0.39 is 0 Å². The third kappa shape index (κ3) is 4.71. The number of urea groups is 1. The van der Waals surface area contributed by atoms with Gasteiger partial charge in [-0.25, -0.2) is 4.79 Å². The average Bonchev–Trinajstić information content (AvgIpc) is 3.40. The van der Waals surface area contributed by atoms with Gasteiger partial charge >= 0.3 is 6.03 Å². The van der Waals surface area contributed by atoms with E-state index in [1.807, 2.05) is 36.4 Å². The summed E-state index contributed by atoms with van der Waals surface area (Å²) < 4.78 is 0. The first-order chi connectivity index (χ1) is 17.0. The highest BCUT2D eigenvalue weighted by atomic mass is 16.2. The lowest BCUT2D eigenvalue weighted by Gasteiger charge is -2.15. The molecule has 1 heterocycles. The molecule has 0 bridgehead atoms. The lowest BCUT2D eigenvalue weighted by molar-refractivity contribution is 0.102. The van der Waals surface area contributed by atoms with Crippen molar-refractivity contribution in [2.45, 2.75) is 32.2 Å². The molecule has 1 aliphatic carbocycles. The van der Waals surface area contributed by atoms with Crippen LogP contribution in [0.4, 0.5) is 16.2 Å². The first-order valence-electron chi connectivity index (χ1n) is 11.9. The molecule has 1 unspecified atom stereocenters. The van der Waals surface area contributed by atoms with Gasteiger partial charge in [0.15, 0.2) is 0 Å². The van der Waals surface area contributed by atoms with Crippen molar-refractivity contribution in [3.8, 4) is 0 Å². The van der Waals surface area contributed by atoms with Gasteiger partial charge in [0.05, 0.1) is 17.4 Å². The van der Waals surface area contributed by atoms with Crippen LogP contribution in [-0.2, 0) is 12.8 Å². The van der Waals surface area contributed by atoms with Crippen molar-refractivity contribution < 1.29 is 9.59 Å². The third-order valence-electron chi connectivity index (χ3n) is 6.68. The van der Waals surface area contributed by atoms with Gasteiger partial charge in [-0.1, -0.05) is 36.4 Å². The Labute approximate surface area is 204 Å². The van der Waals surface area contributed by atoms with Crippen molar-refractivity contribution in [1.29, 1.82) is 0 Å². The Morgan fingerprint density at radius 2 is 1.86 bits per heavy atom. The summed E-state index contributed by atoms with van der Waals surface area (Å²) in [6.45, 7) is 2.62. The molecule has 0 fully saturated rings. The van der Waals surface area contributed by atoms with Crippen LogP contribution >= 0.6 is 0 Å². The zero-order chi connectivity index (χ0) is 24.4. The van der Waals surface area contributed by atoms with Gasteiger partial charge in [0, 0.05) is 28.7 Å². The topological polar surface area (TPSA) is 112 Å². The summed E-state index contributed by atoms with van der Waals surface area (Å²) in [5.74, 6) is -0.201. The van der Waals surface area contributed by atoms with Crippen molar-refractivity contribution in [3.05, 3.63) is 94.7 Å². The number of hydrogen-bond donors (Lipinski definition) is 5. The molecule has 6 N–H and O–H groups in total. The molecule has 1 aliphatic rings. The summed E-state index contributed by atoms with van der Waals surface area (Å²) in [6, 6.07) is 20.8. The minimum atomic E-state index is -0.201. The van der Waals surface area contributed by atoms with Crippen LogP contribution in [0.3, 0.4) is 0 Å². The number of rotatable bonds is 6. The predicted octanol–water partition coefficient (Wildman–Crippen LogP) is 4.84. The molecule has 0 saturated carbocycles. The van der Waals surface area contributed by atoms with Gasteiger partial charge in [-0.2, -0.15) is 0 Å². The first-order valence-corrected chi connectivity index (χ1v) is 11.9. The van der Waals surface area contributed by atoms with Gasteiger partial charge in [0.1, 0.15) is 0 Å². The number of nitrogen functional groups attached to an aromatic ring is 1. The van der Waals surface area contributed by atoms with Crippen molar-refractivity contribution in [2.75, 3.05) is 17.6 Å². The Morgan fingerprint density at radius 1 is 1.06 bits per heavy atom. The molecule has 0 aliphatic heterocycles. The second-order valence-corrected chi connectivity index (χ2v) is 8.97. The molecule has 1 atom stereocenters. The number of anilines is 2. The number of aromatic amines is 1. The zero-order valence-corrected chi connectivity index (χ0v) is 19.7. The molecule has 7 nitrogen and oxygen atoms in total. The normalized spacial score (nSPS) is 14.5. The maximum absolute atomic E-state index is 12.7. The summed E-state index contributed by atoms with van der Waals surface area (Å²) in [6.07, 6.45) is 2.37. The summed E-state index contributed by atoms with van der Waals surface area (Å²) in [7, 11) is 0. The molecule has 3 amide bonds. The number of para-hydroxylation sites is 3. The fourth-order valence-electron chi connectivity index (χ4n) is 4.88. The van der Waals surface area contributed by atoms with Gasteiger partial charge in [-0.15, -0.1) is 0 Å². The molecule has 0 spiro atoms. The number of hydrogen-bond acceptors (Lipinski definition) is 3. The minimum Gasteiger partial charge on any atom is -0.397 e. The molecule has 5 rings (SSSR count). The maximum atomic E-state index is 12.7. The van der Waals surface area contributed by atoms with Crippen molar-refractivity contribution in [3.63, 3.8) is 0 Å². The maximum Gasteiger partial charge on any atom is 0.315 e. The molecule has 178 valence electrons. The zero-order valence-electron chi connectivity index (χ0n) is 19.7. The highest BCUT2D eigenvalue weighted by Gasteiger charge is 2.25. The fraction of sp³-hybridized carbons (Fsp3) is 0.214. The van der Waals surface area contributed by atoms with E-state index in [4.69, 9.17) is 5.73 Å². The Kier molecular flexibility index (Phi) is 6.14. The number of fused-ring (bicyclic) bond motifs is 2. The smallest absolute Gasteiger partial charge is 0.315 e. The SMILES string of the molecule is Cc1[nH]c2ccccc2c1CCNC(=O)NC1CCc2cc(C(=O)Nc3ccccc3N)ccc21. The Hall–Kier alpha value is -4.26. The van der Waals surface area contributed by atoms with E-state index in [0.717, 1.165) is 41.6 Å². The molecule has 35 heavy (non-hydrogen) atoms. The quantitative estimate of drug-likeness (QED) is 0.262. The highest BCUT2D eigenvalue weighted by molar-refractivity contribution is 6.05. The Bertz CT molecular complexity index is 1410. The van der Waals surface area contributed by atoms with Gasteiger partial charge in [-0.3, -0.25) is 4.79 Å². The minimum absolute atomic E-state index is 0.0679. The average molecular weight is 468 g/mol. The molecule has 4 aromatic rings. The Balaban J connectivity index is 1.17. The number of aromatic nitrogens is 1. The molecular formula is C28H29N5O2. The van der Waals surface area contributed by atoms with Crippen LogP contribution < -0.4 is 21.7 Å². The number of benzene rings is 3. The van der Waals surface area contributed by atoms with Crippen LogP contribution in [0.2, 0.25) is 0 Å². The van der Waals surface area contributed by atoms with E-state index in [-0.39, 0.29) is 18.0 Å². The van der Waals surface area contributed by atoms with Crippen LogP contribution in [0.25, 0.3) is 10.9 Å². The van der Waals surface area contributed by atoms with Crippen molar-refractivity contribution >= 4 is 34.2 Å². The fourth-order valence-corrected chi connectivity index (χ4v) is 4.88. The molecule has 0 saturated heterocycles. The lowest BCUT2D eigenvalue weighted by atomic mass is 10.0. The molecule has 7 heteroatoms. The standard InChI is InChI=1S/C28H29N5O2/c1-17-20(22-6-2-4-8-24(22)31-17)14-15-30-28(35)33-25-13-11-18-16-19(10-12-21(18)25)27(34)32-26-9-5-3-7-23(26)29/h2-10,12,16,25,31H,11,13-15,29H2,1H3,(H,32,34)(H2,30,33,35). The lowest BCUT2D eigenvalue weighted by Crippen LogP contribution is -2.38.